The van der Waals surface area contributed by atoms with Crippen LogP contribution in [0.5, 0.6) is 0 Å². The van der Waals surface area contributed by atoms with Gasteiger partial charge in [0.05, 0.1) is 25.2 Å². The second-order valence-electron chi connectivity index (χ2n) is 9.42. The van der Waals surface area contributed by atoms with Crippen molar-refractivity contribution in [3.8, 4) is 0 Å². The maximum atomic E-state index is 15.9. The van der Waals surface area contributed by atoms with Crippen molar-refractivity contribution in [2.45, 2.75) is 49.0 Å². The Bertz CT molecular complexity index is 1620. The molecule has 6 heterocycles. The monoisotopic (exact) mass is 684 g/mol. The number of nitrogens with two attached hydrogens (primary N) is 2. The molecule has 17 nitrogen and oxygen atoms in total. The number of nitrogens with one attached hydrogen (secondary N) is 1. The maximum absolute atomic E-state index is 15.9. The maximum Gasteiger partial charge on any atom is 0.386 e. The summed E-state index contributed by atoms with van der Waals surface area (Å²) in [5, 5.41) is 17.4. The first kappa shape index (κ1) is 30.3. The molecule has 0 aromatic carbocycles. The fourth-order valence-corrected chi connectivity index (χ4v) is 8.26. The Hall–Kier alpha value is -1.74. The number of fused-ring (bicyclic) bond motifs is 3. The van der Waals surface area contributed by atoms with Gasteiger partial charge >= 0.3 is 6.80 Å². The van der Waals surface area contributed by atoms with E-state index in [1.54, 1.807) is 0 Å². The van der Waals surface area contributed by atoms with Crippen LogP contribution in [0.15, 0.2) is 18.7 Å². The van der Waals surface area contributed by atoms with Gasteiger partial charge in [0.1, 0.15) is 54.2 Å². The Morgan fingerprint density at radius 3 is 2.64 bits per heavy atom. The lowest BCUT2D eigenvalue weighted by atomic mass is 10.1. The summed E-state index contributed by atoms with van der Waals surface area (Å²) in [4.78, 5) is 23.6. The number of amides is 1. The minimum atomic E-state index is -4.29. The number of aliphatic hydroxyl groups is 1. The van der Waals surface area contributed by atoms with Gasteiger partial charge in [0.15, 0.2) is 23.9 Å². The Kier molecular flexibility index (Phi) is 8.16. The van der Waals surface area contributed by atoms with Crippen LogP contribution in [0.1, 0.15) is 28.5 Å². The highest BCUT2D eigenvalue weighted by molar-refractivity contribution is 8.60. The molecule has 0 aliphatic carbocycles. The first-order valence-corrected chi connectivity index (χ1v) is 18.5. The van der Waals surface area contributed by atoms with E-state index in [4.69, 9.17) is 50.8 Å². The number of nitrogen functional groups attached to an aromatic ring is 1. The molecule has 0 spiro atoms. The number of carbonyl (C=O) groups excluding carboxylic acids is 1. The molecule has 0 bridgehead atoms. The Balaban J connectivity index is 1.26. The first-order valence-electron chi connectivity index (χ1n) is 12.1. The highest BCUT2D eigenvalue weighted by atomic mass is 32.9. The summed E-state index contributed by atoms with van der Waals surface area (Å²) in [6, 6.07) is 1.30. The topological polar surface area (TPSA) is 234 Å². The highest BCUT2D eigenvalue weighted by Gasteiger charge is 2.53. The molecule has 2 unspecified atom stereocenters. The number of primary amides is 1. The Morgan fingerprint density at radius 2 is 1.90 bits per heavy atom. The van der Waals surface area contributed by atoms with Crippen molar-refractivity contribution in [2.24, 2.45) is 5.73 Å². The fourth-order valence-electron chi connectivity index (χ4n) is 4.81. The normalized spacial score (nSPS) is 39.3. The van der Waals surface area contributed by atoms with Crippen molar-refractivity contribution in [2.75, 3.05) is 18.9 Å². The molecule has 3 aromatic rings. The summed E-state index contributed by atoms with van der Waals surface area (Å²) in [7, 11) is 0. The summed E-state index contributed by atoms with van der Waals surface area (Å²) < 4.78 is 65.0. The number of aromatic amines is 1. The molecule has 1 amide bonds. The van der Waals surface area contributed by atoms with E-state index in [1.807, 2.05) is 0 Å². The van der Waals surface area contributed by atoms with Crippen LogP contribution in [0, 0.1) is 0 Å². The molecular weight excluding hydrogens is 661 g/mol. The number of halogens is 1. The molecule has 3 fully saturated rings. The number of carbonyl (C=O) groups is 1. The van der Waals surface area contributed by atoms with Gasteiger partial charge in [0.25, 0.3) is 5.91 Å². The van der Waals surface area contributed by atoms with Gasteiger partial charge in [0, 0.05) is 0 Å². The van der Waals surface area contributed by atoms with E-state index in [0.717, 1.165) is 0 Å². The van der Waals surface area contributed by atoms with Gasteiger partial charge in [-0.15, -0.1) is 0 Å². The average Bonchev–Trinajstić information content (AvgIpc) is 3.69. The van der Waals surface area contributed by atoms with E-state index >= 15 is 4.39 Å². The van der Waals surface area contributed by atoms with Crippen LogP contribution in [-0.2, 0) is 43.9 Å². The molecule has 6 N–H and O–H groups in total. The van der Waals surface area contributed by atoms with Gasteiger partial charge in [-0.3, -0.25) is 23.5 Å². The van der Waals surface area contributed by atoms with Gasteiger partial charge in [-0.1, -0.05) is 24.5 Å². The zero-order valence-electron chi connectivity index (χ0n) is 20.9. The molecule has 3 aliphatic heterocycles. The lowest BCUT2D eigenvalue weighted by molar-refractivity contribution is -0.0468. The number of hydrogen-bond acceptors (Lipinski definition) is 15. The molecule has 10 atom stereocenters. The number of hydrogen-bond donors (Lipinski definition) is 6. The number of rotatable bonds is 3. The first-order chi connectivity index (χ1) is 19.8. The van der Waals surface area contributed by atoms with Crippen LogP contribution in [0.3, 0.4) is 0 Å². The van der Waals surface area contributed by atoms with E-state index in [9.17, 15) is 14.5 Å². The van der Waals surface area contributed by atoms with E-state index in [-0.39, 0.29) is 28.4 Å². The summed E-state index contributed by atoms with van der Waals surface area (Å²) in [6.07, 6.45) is -8.40. The molecular formula is C19H23FN8O9P2S3. The molecule has 3 saturated heterocycles. The number of aliphatic hydroxyl groups excluding tert-OH is 1. The molecule has 3 aromatic heterocycles. The number of nitrogens with zero attached hydrogens (tertiary/aromatic N) is 5. The van der Waals surface area contributed by atoms with Crippen LogP contribution in [-0.4, -0.2) is 90.6 Å². The molecule has 0 saturated carbocycles. The average molecular weight is 685 g/mol. The van der Waals surface area contributed by atoms with Gasteiger partial charge in [-0.05, 0) is 17.9 Å². The predicted octanol–water partition coefficient (Wildman–Crippen LogP) is 0.976. The van der Waals surface area contributed by atoms with Crippen molar-refractivity contribution in [3.05, 3.63) is 30.1 Å². The lowest BCUT2D eigenvalue weighted by Gasteiger charge is -2.30. The van der Waals surface area contributed by atoms with Crippen molar-refractivity contribution in [1.29, 1.82) is 0 Å². The smallest absolute Gasteiger partial charge is 0.386 e. The lowest BCUT2D eigenvalue weighted by Crippen LogP contribution is -2.37. The number of alkyl halides is 1. The third-order valence-electron chi connectivity index (χ3n) is 6.73. The van der Waals surface area contributed by atoms with E-state index in [1.165, 1.54) is 23.3 Å². The molecule has 3 aliphatic rings. The molecule has 42 heavy (non-hydrogen) atoms. The van der Waals surface area contributed by atoms with E-state index in [0.29, 0.717) is 0 Å². The molecule has 228 valence electrons. The summed E-state index contributed by atoms with van der Waals surface area (Å²) >= 11 is 13.8. The van der Waals surface area contributed by atoms with Crippen molar-refractivity contribution in [1.82, 2.24) is 29.7 Å². The third-order valence-corrected chi connectivity index (χ3v) is 10.5. The zero-order chi connectivity index (χ0) is 30.0. The van der Waals surface area contributed by atoms with E-state index < -0.39 is 80.6 Å². The summed E-state index contributed by atoms with van der Waals surface area (Å²) in [6.45, 7) is -5.21. The number of imidazole rings is 1. The van der Waals surface area contributed by atoms with Crippen LogP contribution >= 0.6 is 37.0 Å². The van der Waals surface area contributed by atoms with Gasteiger partial charge < -0.3 is 35.1 Å². The number of aromatic nitrogens is 6. The van der Waals surface area contributed by atoms with Gasteiger partial charge in [-0.25, -0.2) is 23.9 Å². The van der Waals surface area contributed by atoms with Gasteiger partial charge in [0.2, 0.25) is 5.69 Å². The summed E-state index contributed by atoms with van der Waals surface area (Å²) in [5.41, 5.74) is 8.14. The minimum absolute atomic E-state index is 0.0810. The highest BCUT2D eigenvalue weighted by Crippen LogP contribution is 2.60. The summed E-state index contributed by atoms with van der Waals surface area (Å²) in [5.74, 6) is -0.722. The second-order valence-corrected chi connectivity index (χ2v) is 17.5. The molecule has 6 rings (SSSR count). The number of H-pyrrole nitrogens is 1. The SMILES string of the molecule is NC(=O)c1cc([C@@H]2O[C@@H]3COP(=O)(S)O[C@H]4[C@@H](F)[C@H](n5cnc6c(N)ncnc65)O[C@@H]4COP(=S)(S)O[C@H]3[C@H]2O)[nH]n1. The Morgan fingerprint density at radius 1 is 1.17 bits per heavy atom. The van der Waals surface area contributed by atoms with Crippen molar-refractivity contribution < 1.29 is 46.4 Å². The van der Waals surface area contributed by atoms with Crippen molar-refractivity contribution in [3.63, 3.8) is 0 Å². The van der Waals surface area contributed by atoms with E-state index in [2.05, 4.69) is 49.6 Å². The molecule has 0 radical (unpaired) electrons. The van der Waals surface area contributed by atoms with Crippen LogP contribution in [0.25, 0.3) is 11.2 Å². The molecule has 23 heteroatoms. The van der Waals surface area contributed by atoms with Crippen molar-refractivity contribution >= 4 is 71.7 Å². The number of anilines is 1. The van der Waals surface area contributed by atoms with Crippen LogP contribution in [0.4, 0.5) is 10.2 Å². The van der Waals surface area contributed by atoms with Gasteiger partial charge in [-0.2, -0.15) is 5.10 Å². The quantitative estimate of drug-likeness (QED) is 0.167. The van der Waals surface area contributed by atoms with Crippen LogP contribution in [0.2, 0.25) is 0 Å². The van der Waals surface area contributed by atoms with Crippen LogP contribution < -0.4 is 11.5 Å². The number of thiol groups is 2. The number of ether oxygens (including phenoxy) is 2. The minimum Gasteiger partial charge on any atom is -0.387 e. The fraction of sp³-hybridized carbons (Fsp3) is 0.526. The predicted molar refractivity (Wildman–Crippen MR) is 151 cm³/mol. The standard InChI is InChI=1S/C19H23FN8O9P2S3/c20-10-14-8(35-19(10)28-5-25-11-16(21)23-4-24-18(11)28)3-33-39(41,42)37-15-9(2-32-38(31,40)36-14)34-13(12(15)29)6-1-7(17(22)30)27-26-6/h1,4-5,8-10,12-15,19,29H,2-3H2,(H2,22,30)(H,26,27)(H,31,40)(H,41,42)(H2,21,23,24)/t8-,9-,10-,12+,13+,14-,15-,19-,38?/m1/s1. The largest absolute Gasteiger partial charge is 0.387 e. The zero-order valence-corrected chi connectivity index (χ0v) is 25.3. The third kappa shape index (κ3) is 5.73. The Labute approximate surface area is 251 Å². The second kappa shape index (κ2) is 11.3.